The van der Waals surface area contributed by atoms with Crippen LogP contribution < -0.4 is 5.32 Å². The Bertz CT molecular complexity index is 895. The minimum Gasteiger partial charge on any atom is -0.512 e. The summed E-state index contributed by atoms with van der Waals surface area (Å²) in [6.07, 6.45) is 2.68. The minimum atomic E-state index is -1.23. The van der Waals surface area contributed by atoms with E-state index in [1.807, 2.05) is 13.8 Å². The summed E-state index contributed by atoms with van der Waals surface area (Å²) in [5.74, 6) is -1.06. The van der Waals surface area contributed by atoms with Crippen LogP contribution >= 0.6 is 0 Å². The van der Waals surface area contributed by atoms with E-state index in [0.29, 0.717) is 0 Å². The van der Waals surface area contributed by atoms with Gasteiger partial charge in [-0.3, -0.25) is 14.9 Å². The van der Waals surface area contributed by atoms with Crippen molar-refractivity contribution in [2.75, 3.05) is 11.9 Å². The molecule has 27 heavy (non-hydrogen) atoms. The maximum absolute atomic E-state index is 12.7. The van der Waals surface area contributed by atoms with Crippen molar-refractivity contribution in [3.8, 4) is 0 Å². The summed E-state index contributed by atoms with van der Waals surface area (Å²) in [5.41, 5.74) is -0.780. The van der Waals surface area contributed by atoms with Gasteiger partial charge in [0.1, 0.15) is 17.1 Å². The number of aromatic nitrogens is 2. The maximum Gasteiger partial charge on any atom is 0.343 e. The Balaban J connectivity index is 2.14. The molecule has 2 aliphatic rings. The van der Waals surface area contributed by atoms with Gasteiger partial charge in [-0.2, -0.15) is 5.10 Å². The number of anilines is 1. The maximum atomic E-state index is 12.7. The first-order valence-electron chi connectivity index (χ1n) is 8.47. The van der Waals surface area contributed by atoms with Crippen LogP contribution in [0.2, 0.25) is 0 Å². The lowest BCUT2D eigenvalue weighted by Crippen LogP contribution is -2.34. The molecular formula is C17H20N4O6. The normalized spacial score (nSPS) is 21.2. The average Bonchev–Trinajstić information content (AvgIpc) is 2.97. The number of nitrogens with one attached hydrogen (secondary N) is 1. The number of hydrogen-bond acceptors (Lipinski definition) is 8. The van der Waals surface area contributed by atoms with E-state index < -0.39 is 22.3 Å². The highest BCUT2D eigenvalue weighted by atomic mass is 16.6. The zero-order valence-electron chi connectivity index (χ0n) is 15.2. The van der Waals surface area contributed by atoms with E-state index in [0.717, 1.165) is 6.20 Å². The standard InChI is InChI=1S/C17H20N4O6/c1-4-27-16(24)9-7-19-20-14(10(21(25)26)8-18-15(9)20)13-11(22)5-17(2,3)6-12(13)23/h7-8,14,18,22H,4-6H2,1-3H3/t14-/m0/s1. The molecule has 0 saturated heterocycles. The number of esters is 1. The molecule has 0 bridgehead atoms. The predicted octanol–water partition coefficient (Wildman–Crippen LogP) is 2.35. The number of carbonyl (C=O) groups excluding carboxylic acids is 2. The molecule has 1 aromatic heterocycles. The Labute approximate surface area is 154 Å². The molecule has 3 rings (SSSR count). The van der Waals surface area contributed by atoms with Gasteiger partial charge in [-0.25, -0.2) is 9.48 Å². The third-order valence-corrected chi connectivity index (χ3v) is 4.55. The van der Waals surface area contributed by atoms with Gasteiger partial charge in [-0.15, -0.1) is 0 Å². The summed E-state index contributed by atoms with van der Waals surface area (Å²) in [6.45, 7) is 5.48. The molecule has 10 nitrogen and oxygen atoms in total. The van der Waals surface area contributed by atoms with Gasteiger partial charge < -0.3 is 15.2 Å². The van der Waals surface area contributed by atoms with Crippen LogP contribution in [0.3, 0.4) is 0 Å². The molecule has 0 radical (unpaired) electrons. The highest BCUT2D eigenvalue weighted by molar-refractivity contribution is 5.99. The molecule has 10 heteroatoms. The third-order valence-electron chi connectivity index (χ3n) is 4.55. The van der Waals surface area contributed by atoms with Crippen molar-refractivity contribution in [3.05, 3.63) is 45.1 Å². The number of nitro groups is 1. The number of hydrogen-bond donors (Lipinski definition) is 2. The summed E-state index contributed by atoms with van der Waals surface area (Å²) >= 11 is 0. The number of Topliss-reactive ketones (excluding diaryl/α,β-unsaturated/α-hetero) is 1. The fraction of sp³-hybridized carbons (Fsp3) is 0.471. The van der Waals surface area contributed by atoms with E-state index in [9.17, 15) is 24.8 Å². The summed E-state index contributed by atoms with van der Waals surface area (Å²) in [7, 11) is 0. The predicted molar refractivity (Wildman–Crippen MR) is 93.6 cm³/mol. The summed E-state index contributed by atoms with van der Waals surface area (Å²) < 4.78 is 6.13. The molecular weight excluding hydrogens is 356 g/mol. The molecule has 144 valence electrons. The van der Waals surface area contributed by atoms with Gasteiger partial charge in [0.05, 0.1) is 29.5 Å². The van der Waals surface area contributed by atoms with Crippen LogP contribution in [-0.2, 0) is 9.53 Å². The van der Waals surface area contributed by atoms with Crippen LogP contribution in [0.15, 0.2) is 29.4 Å². The van der Waals surface area contributed by atoms with Gasteiger partial charge in [0.25, 0.3) is 5.70 Å². The number of fused-ring (bicyclic) bond motifs is 1. The molecule has 1 aliphatic heterocycles. The van der Waals surface area contributed by atoms with Crippen LogP contribution in [0.25, 0.3) is 0 Å². The Morgan fingerprint density at radius 2 is 2.22 bits per heavy atom. The Hall–Kier alpha value is -3.17. The van der Waals surface area contributed by atoms with E-state index in [4.69, 9.17) is 4.74 Å². The zero-order valence-corrected chi connectivity index (χ0v) is 15.2. The van der Waals surface area contributed by atoms with Crippen LogP contribution in [0, 0.1) is 15.5 Å². The van der Waals surface area contributed by atoms with E-state index in [-0.39, 0.29) is 53.6 Å². The Morgan fingerprint density at radius 3 is 2.81 bits per heavy atom. The molecule has 0 fully saturated rings. The van der Waals surface area contributed by atoms with Crippen molar-refractivity contribution in [1.29, 1.82) is 0 Å². The van der Waals surface area contributed by atoms with Crippen molar-refractivity contribution in [2.45, 2.75) is 39.7 Å². The fourth-order valence-electron chi connectivity index (χ4n) is 3.44. The first kappa shape index (κ1) is 18.6. The number of ether oxygens (including phenoxy) is 1. The summed E-state index contributed by atoms with van der Waals surface area (Å²) in [4.78, 5) is 35.7. The van der Waals surface area contributed by atoms with Gasteiger partial charge in [0, 0.05) is 12.8 Å². The molecule has 0 spiro atoms. The topological polar surface area (TPSA) is 137 Å². The minimum absolute atomic E-state index is 0.0708. The van der Waals surface area contributed by atoms with Gasteiger partial charge in [0.2, 0.25) is 0 Å². The SMILES string of the molecule is CCOC(=O)c1cnn2c1NC=C([N+](=O)[O-])[C@H]2C1=C(O)CC(C)(C)CC1=O. The van der Waals surface area contributed by atoms with E-state index in [1.54, 1.807) is 6.92 Å². The van der Waals surface area contributed by atoms with Crippen LogP contribution in [-0.4, -0.2) is 38.2 Å². The molecule has 1 aromatic rings. The van der Waals surface area contributed by atoms with E-state index in [2.05, 4.69) is 10.4 Å². The van der Waals surface area contributed by atoms with E-state index in [1.165, 1.54) is 10.9 Å². The molecule has 2 N–H and O–H groups in total. The summed E-state index contributed by atoms with van der Waals surface area (Å²) in [5, 5.41) is 28.8. The number of allylic oxidation sites excluding steroid dienone is 2. The van der Waals surface area contributed by atoms with Crippen molar-refractivity contribution in [1.82, 2.24) is 9.78 Å². The smallest absolute Gasteiger partial charge is 0.343 e. The number of ketones is 1. The number of carbonyl (C=O) groups is 2. The number of nitrogens with zero attached hydrogens (tertiary/aromatic N) is 3. The largest absolute Gasteiger partial charge is 0.512 e. The molecule has 0 amide bonds. The first-order chi connectivity index (χ1) is 12.7. The van der Waals surface area contributed by atoms with Crippen LogP contribution in [0.5, 0.6) is 0 Å². The zero-order chi connectivity index (χ0) is 19.9. The molecule has 0 aromatic carbocycles. The lowest BCUT2D eigenvalue weighted by atomic mass is 9.74. The number of aliphatic hydroxyl groups is 1. The monoisotopic (exact) mass is 376 g/mol. The number of aliphatic hydroxyl groups excluding tert-OH is 1. The lowest BCUT2D eigenvalue weighted by molar-refractivity contribution is -0.431. The van der Waals surface area contributed by atoms with Crippen molar-refractivity contribution in [3.63, 3.8) is 0 Å². The Kier molecular flexibility index (Phi) is 4.50. The third kappa shape index (κ3) is 3.18. The first-order valence-corrected chi connectivity index (χ1v) is 8.47. The average molecular weight is 376 g/mol. The second-order valence-electron chi connectivity index (χ2n) is 7.25. The van der Waals surface area contributed by atoms with Crippen molar-refractivity contribution >= 4 is 17.6 Å². The highest BCUT2D eigenvalue weighted by Gasteiger charge is 2.45. The second-order valence-corrected chi connectivity index (χ2v) is 7.25. The molecule has 1 atom stereocenters. The van der Waals surface area contributed by atoms with Gasteiger partial charge in [0.15, 0.2) is 11.8 Å². The van der Waals surface area contributed by atoms with E-state index >= 15 is 0 Å². The second kappa shape index (κ2) is 6.53. The molecule has 0 unspecified atom stereocenters. The van der Waals surface area contributed by atoms with Crippen molar-refractivity contribution < 1.29 is 24.4 Å². The molecule has 0 saturated carbocycles. The molecule has 2 heterocycles. The van der Waals surface area contributed by atoms with Crippen LogP contribution in [0.4, 0.5) is 5.82 Å². The number of rotatable bonds is 4. The summed E-state index contributed by atoms with van der Waals surface area (Å²) in [6, 6.07) is -1.23. The van der Waals surface area contributed by atoms with Crippen LogP contribution in [0.1, 0.15) is 50.0 Å². The van der Waals surface area contributed by atoms with Gasteiger partial charge in [-0.05, 0) is 12.3 Å². The lowest BCUT2D eigenvalue weighted by Gasteiger charge is -2.33. The van der Waals surface area contributed by atoms with Crippen molar-refractivity contribution in [2.24, 2.45) is 5.41 Å². The van der Waals surface area contributed by atoms with Gasteiger partial charge >= 0.3 is 5.97 Å². The fourth-order valence-corrected chi connectivity index (χ4v) is 3.44. The quantitative estimate of drug-likeness (QED) is 0.464. The Morgan fingerprint density at radius 1 is 1.52 bits per heavy atom. The molecule has 1 aliphatic carbocycles. The highest BCUT2D eigenvalue weighted by Crippen LogP contribution is 2.43. The van der Waals surface area contributed by atoms with Gasteiger partial charge in [-0.1, -0.05) is 13.8 Å².